The van der Waals surface area contributed by atoms with Crippen molar-refractivity contribution in [3.63, 3.8) is 0 Å². The molecule has 1 aliphatic carbocycles. The lowest BCUT2D eigenvalue weighted by Gasteiger charge is -2.28. The molecule has 0 saturated heterocycles. The van der Waals surface area contributed by atoms with Crippen molar-refractivity contribution in [2.75, 3.05) is 19.7 Å². The summed E-state index contributed by atoms with van der Waals surface area (Å²) in [5.74, 6) is 1.62. The minimum absolute atomic E-state index is 0.0552. The van der Waals surface area contributed by atoms with Gasteiger partial charge in [0.25, 0.3) is 0 Å². The van der Waals surface area contributed by atoms with Crippen LogP contribution in [0.5, 0.6) is 0 Å². The van der Waals surface area contributed by atoms with E-state index in [9.17, 15) is 9.59 Å². The van der Waals surface area contributed by atoms with Crippen molar-refractivity contribution in [3.8, 4) is 0 Å². The van der Waals surface area contributed by atoms with Crippen LogP contribution >= 0.6 is 11.8 Å². The molecule has 0 aliphatic heterocycles. The third-order valence-corrected chi connectivity index (χ3v) is 5.76. The van der Waals surface area contributed by atoms with Crippen LogP contribution in [-0.2, 0) is 31.9 Å². The zero-order valence-electron chi connectivity index (χ0n) is 16.4. The van der Waals surface area contributed by atoms with E-state index < -0.39 is 5.60 Å². The van der Waals surface area contributed by atoms with Crippen LogP contribution in [0.15, 0.2) is 18.3 Å². The third kappa shape index (κ3) is 8.54. The van der Waals surface area contributed by atoms with Crippen LogP contribution in [-0.4, -0.2) is 41.6 Å². The van der Waals surface area contributed by atoms with E-state index >= 15 is 0 Å². The summed E-state index contributed by atoms with van der Waals surface area (Å²) in [5.41, 5.74) is 1.16. The van der Waals surface area contributed by atoms with Gasteiger partial charge in [0.1, 0.15) is 12.4 Å². The molecule has 5 nitrogen and oxygen atoms in total. The summed E-state index contributed by atoms with van der Waals surface area (Å²) >= 11 is 1.27. The first-order valence-electron chi connectivity index (χ1n) is 9.73. The number of hydrogen-bond donors (Lipinski definition) is 0. The molecule has 1 aromatic rings. The van der Waals surface area contributed by atoms with Crippen LogP contribution in [0.3, 0.4) is 0 Å². The van der Waals surface area contributed by atoms with Gasteiger partial charge >= 0.3 is 0 Å². The summed E-state index contributed by atoms with van der Waals surface area (Å²) in [6, 6.07) is 4.14. The Bertz CT molecular complexity index is 606. The number of aromatic nitrogens is 1. The number of carbonyl (C=O) groups excluding carboxylic acids is 2. The molecule has 1 fully saturated rings. The van der Waals surface area contributed by atoms with E-state index in [1.807, 2.05) is 6.20 Å². The van der Waals surface area contributed by atoms with Crippen LogP contribution in [0.25, 0.3) is 0 Å². The molecule has 1 atom stereocenters. The molecule has 1 unspecified atom stereocenters. The molecule has 1 aromatic heterocycles. The SMILES string of the molecule is COCOC(C=O)(CCCSC(C)=O)Cc1cc(CCCC2CC2)ccn1. The Labute approximate surface area is 166 Å². The molecule has 1 saturated carbocycles. The van der Waals surface area contributed by atoms with Crippen LogP contribution in [0.2, 0.25) is 0 Å². The number of hydrogen-bond acceptors (Lipinski definition) is 6. The number of aryl methyl sites for hydroxylation is 1. The van der Waals surface area contributed by atoms with Crippen molar-refractivity contribution < 1.29 is 19.1 Å². The number of thioether (sulfide) groups is 1. The highest BCUT2D eigenvalue weighted by Gasteiger charge is 2.31. The van der Waals surface area contributed by atoms with E-state index in [0.717, 1.165) is 24.3 Å². The fourth-order valence-corrected chi connectivity index (χ4v) is 3.77. The van der Waals surface area contributed by atoms with Gasteiger partial charge in [-0.15, -0.1) is 0 Å². The lowest BCUT2D eigenvalue weighted by molar-refractivity contribution is -0.153. The largest absolute Gasteiger partial charge is 0.359 e. The van der Waals surface area contributed by atoms with Gasteiger partial charge in [-0.1, -0.05) is 31.0 Å². The molecular weight excluding hydrogens is 362 g/mol. The van der Waals surface area contributed by atoms with Gasteiger partial charge in [0.05, 0.1) is 0 Å². The first kappa shape index (κ1) is 22.1. The second-order valence-corrected chi connectivity index (χ2v) is 8.62. The van der Waals surface area contributed by atoms with Crippen LogP contribution in [0.4, 0.5) is 0 Å². The Hall–Kier alpha value is -1.24. The number of methoxy groups -OCH3 is 1. The van der Waals surface area contributed by atoms with E-state index in [0.29, 0.717) is 25.0 Å². The average Bonchev–Trinajstić information content (AvgIpc) is 3.48. The Morgan fingerprint density at radius 2 is 2.22 bits per heavy atom. The predicted octanol–water partition coefficient (Wildman–Crippen LogP) is 3.97. The quantitative estimate of drug-likeness (QED) is 0.271. The fourth-order valence-electron chi connectivity index (χ4n) is 3.20. The molecule has 0 amide bonds. The Morgan fingerprint density at radius 1 is 1.41 bits per heavy atom. The second-order valence-electron chi connectivity index (χ2n) is 7.34. The van der Waals surface area contributed by atoms with E-state index in [1.165, 1.54) is 43.0 Å². The van der Waals surface area contributed by atoms with Crippen LogP contribution in [0, 0.1) is 5.92 Å². The average molecular weight is 394 g/mol. The van der Waals surface area contributed by atoms with E-state index in [1.54, 1.807) is 14.0 Å². The smallest absolute Gasteiger partial charge is 0.185 e. The Kier molecular flexibility index (Phi) is 9.45. The first-order valence-corrected chi connectivity index (χ1v) is 10.7. The highest BCUT2D eigenvalue weighted by atomic mass is 32.2. The molecule has 1 heterocycles. The van der Waals surface area contributed by atoms with Crippen LogP contribution in [0.1, 0.15) is 56.7 Å². The van der Waals surface area contributed by atoms with Gasteiger partial charge < -0.3 is 14.3 Å². The maximum Gasteiger partial charge on any atom is 0.185 e. The molecule has 27 heavy (non-hydrogen) atoms. The number of nitrogens with zero attached hydrogens (tertiary/aromatic N) is 1. The third-order valence-electron chi connectivity index (χ3n) is 4.86. The van der Waals surface area contributed by atoms with E-state index in [4.69, 9.17) is 9.47 Å². The molecule has 0 N–H and O–H groups in total. The van der Waals surface area contributed by atoms with Gasteiger partial charge in [-0.25, -0.2) is 0 Å². The Morgan fingerprint density at radius 3 is 2.89 bits per heavy atom. The van der Waals surface area contributed by atoms with Gasteiger partial charge in [-0.2, -0.15) is 0 Å². The lowest BCUT2D eigenvalue weighted by Crippen LogP contribution is -2.38. The van der Waals surface area contributed by atoms with E-state index in [2.05, 4.69) is 17.1 Å². The highest BCUT2D eigenvalue weighted by Crippen LogP contribution is 2.34. The lowest BCUT2D eigenvalue weighted by atomic mass is 9.92. The number of rotatable bonds is 14. The minimum Gasteiger partial charge on any atom is -0.359 e. The number of aldehydes is 1. The fraction of sp³-hybridized carbons (Fsp3) is 0.667. The van der Waals surface area contributed by atoms with Crippen molar-refractivity contribution in [1.82, 2.24) is 4.98 Å². The molecule has 6 heteroatoms. The summed E-state index contributed by atoms with van der Waals surface area (Å²) < 4.78 is 10.8. The van der Waals surface area contributed by atoms with Crippen molar-refractivity contribution in [3.05, 3.63) is 29.6 Å². The molecule has 0 bridgehead atoms. The van der Waals surface area contributed by atoms with E-state index in [-0.39, 0.29) is 11.9 Å². The van der Waals surface area contributed by atoms with Gasteiger partial charge in [-0.3, -0.25) is 9.78 Å². The maximum absolute atomic E-state index is 11.9. The summed E-state index contributed by atoms with van der Waals surface area (Å²) in [5, 5.41) is 0.0880. The van der Waals surface area contributed by atoms with Gasteiger partial charge in [0.2, 0.25) is 0 Å². The molecule has 0 radical (unpaired) electrons. The summed E-state index contributed by atoms with van der Waals surface area (Å²) in [6.07, 6.45) is 10.7. The summed E-state index contributed by atoms with van der Waals surface area (Å²) in [7, 11) is 1.54. The number of ether oxygens (including phenoxy) is 2. The van der Waals surface area contributed by atoms with Gasteiger partial charge in [0, 0.05) is 38.1 Å². The maximum atomic E-state index is 11.9. The Balaban J connectivity index is 1.96. The predicted molar refractivity (Wildman–Crippen MR) is 108 cm³/mol. The monoisotopic (exact) mass is 393 g/mol. The minimum atomic E-state index is -0.965. The number of carbonyl (C=O) groups is 2. The highest BCUT2D eigenvalue weighted by molar-refractivity contribution is 8.13. The molecule has 150 valence electrons. The molecule has 0 aromatic carbocycles. The van der Waals surface area contributed by atoms with Crippen molar-refractivity contribution in [2.24, 2.45) is 5.92 Å². The van der Waals surface area contributed by atoms with Crippen LogP contribution < -0.4 is 0 Å². The van der Waals surface area contributed by atoms with Gasteiger partial charge in [0.15, 0.2) is 11.4 Å². The second kappa shape index (κ2) is 11.6. The van der Waals surface area contributed by atoms with Gasteiger partial charge in [-0.05, 0) is 49.3 Å². The van der Waals surface area contributed by atoms with Crippen molar-refractivity contribution >= 4 is 23.2 Å². The topological polar surface area (TPSA) is 65.5 Å². The normalized spacial score (nSPS) is 16.1. The zero-order valence-corrected chi connectivity index (χ0v) is 17.3. The zero-order chi connectivity index (χ0) is 19.5. The van der Waals surface area contributed by atoms with Crippen molar-refractivity contribution in [1.29, 1.82) is 0 Å². The first-order chi connectivity index (χ1) is 13.1. The standard InChI is InChI=1S/C21H31NO4S/c1-17(24)27-12-4-10-21(15-23,26-16-25-2)14-20-13-19(9-11-22-20)6-3-5-18-7-8-18/h9,11,13,15,18H,3-8,10,12,14,16H2,1-2H3. The summed E-state index contributed by atoms with van der Waals surface area (Å²) in [6.45, 7) is 1.61. The summed E-state index contributed by atoms with van der Waals surface area (Å²) in [4.78, 5) is 27.5. The van der Waals surface area contributed by atoms with Crippen molar-refractivity contribution in [2.45, 2.75) is 63.9 Å². The number of pyridine rings is 1. The molecule has 0 spiro atoms. The molecule has 2 rings (SSSR count). The molecule has 1 aliphatic rings. The molecular formula is C21H31NO4S.